The van der Waals surface area contributed by atoms with E-state index in [1.54, 1.807) is 26.0 Å². The molecule has 0 aliphatic carbocycles. The number of aryl methyl sites for hydroxylation is 1. The van der Waals surface area contributed by atoms with Gasteiger partial charge in [0.1, 0.15) is 17.3 Å². The molecule has 1 aromatic carbocycles. The second-order valence-corrected chi connectivity index (χ2v) is 5.81. The summed E-state index contributed by atoms with van der Waals surface area (Å²) in [5, 5.41) is 9.49. The molecule has 0 radical (unpaired) electrons. The molecular formula is C17H20O5. The van der Waals surface area contributed by atoms with E-state index in [4.69, 9.17) is 9.47 Å². The minimum Gasteiger partial charge on any atom is -0.515 e. The fourth-order valence-corrected chi connectivity index (χ4v) is 2.57. The van der Waals surface area contributed by atoms with Crippen molar-refractivity contribution in [3.63, 3.8) is 0 Å². The average Bonchev–Trinajstić information content (AvgIpc) is 2.53. The summed E-state index contributed by atoms with van der Waals surface area (Å²) in [4.78, 5) is 24.6. The number of hydrogen-bond donors (Lipinski definition) is 1. The zero-order valence-corrected chi connectivity index (χ0v) is 13.2. The number of carbonyl (C=O) groups excluding carboxylic acids is 2. The molecule has 1 aliphatic rings. The number of rotatable bonds is 3. The Morgan fingerprint density at radius 1 is 1.45 bits per heavy atom. The molecule has 1 N–H and O–H groups in total. The molecule has 5 nitrogen and oxygen atoms in total. The number of ether oxygens (including phenoxy) is 2. The van der Waals surface area contributed by atoms with Gasteiger partial charge in [-0.1, -0.05) is 13.0 Å². The lowest BCUT2D eigenvalue weighted by molar-refractivity contribution is -0.155. The average molecular weight is 304 g/mol. The molecule has 1 unspecified atom stereocenters. The quantitative estimate of drug-likeness (QED) is 0.528. The number of ketones is 1. The molecule has 0 saturated heterocycles. The van der Waals surface area contributed by atoms with Crippen molar-refractivity contribution in [1.82, 2.24) is 0 Å². The first-order valence-corrected chi connectivity index (χ1v) is 7.13. The molecule has 0 bridgehead atoms. The summed E-state index contributed by atoms with van der Waals surface area (Å²) in [6, 6.07) is 5.35. The Morgan fingerprint density at radius 2 is 2.14 bits per heavy atom. The smallest absolute Gasteiger partial charge is 0.315 e. The van der Waals surface area contributed by atoms with Crippen LogP contribution in [-0.4, -0.2) is 30.1 Å². The van der Waals surface area contributed by atoms with Gasteiger partial charge in [-0.2, -0.15) is 0 Å². The number of Topliss-reactive ketones (excluding diaryl/α,β-unsaturated/α-hetero) is 1. The van der Waals surface area contributed by atoms with E-state index in [1.165, 1.54) is 7.11 Å². The first kappa shape index (κ1) is 16.1. The van der Waals surface area contributed by atoms with Crippen LogP contribution in [0.5, 0.6) is 5.75 Å². The zero-order chi connectivity index (χ0) is 16.5. The van der Waals surface area contributed by atoms with E-state index in [0.29, 0.717) is 11.3 Å². The van der Waals surface area contributed by atoms with E-state index in [9.17, 15) is 14.7 Å². The predicted octanol–water partition coefficient (Wildman–Crippen LogP) is 2.83. The first-order chi connectivity index (χ1) is 10.4. The standard InChI is InChI=1S/C17H20O5/c1-5-10-6-7-13-11(8-10)14(19)12(9-18)15(22-13)17(2,3)16(20)21-4/h6-9,15,18H,5H2,1-4H3/b12-9+. The molecule has 0 saturated carbocycles. The van der Waals surface area contributed by atoms with E-state index >= 15 is 0 Å². The molecule has 1 aromatic rings. The van der Waals surface area contributed by atoms with Gasteiger partial charge in [0.25, 0.3) is 0 Å². The van der Waals surface area contributed by atoms with Crippen LogP contribution in [0.4, 0.5) is 0 Å². The highest BCUT2D eigenvalue weighted by Crippen LogP contribution is 2.39. The lowest BCUT2D eigenvalue weighted by Gasteiger charge is -2.36. The van der Waals surface area contributed by atoms with Gasteiger partial charge < -0.3 is 14.6 Å². The van der Waals surface area contributed by atoms with Crippen LogP contribution in [-0.2, 0) is 16.0 Å². The zero-order valence-electron chi connectivity index (χ0n) is 13.2. The van der Waals surface area contributed by atoms with Crippen LogP contribution in [0.2, 0.25) is 0 Å². The molecule has 22 heavy (non-hydrogen) atoms. The maximum Gasteiger partial charge on any atom is 0.315 e. The molecule has 0 amide bonds. The number of hydrogen-bond acceptors (Lipinski definition) is 5. The van der Waals surface area contributed by atoms with Crippen molar-refractivity contribution in [2.75, 3.05) is 7.11 Å². The maximum absolute atomic E-state index is 12.6. The van der Waals surface area contributed by atoms with Crippen LogP contribution >= 0.6 is 0 Å². The number of benzene rings is 1. The molecule has 5 heteroatoms. The minimum absolute atomic E-state index is 0.0520. The highest BCUT2D eigenvalue weighted by atomic mass is 16.5. The fourth-order valence-electron chi connectivity index (χ4n) is 2.57. The van der Waals surface area contributed by atoms with Crippen LogP contribution in [0.25, 0.3) is 0 Å². The van der Waals surface area contributed by atoms with Crippen molar-refractivity contribution in [3.8, 4) is 5.75 Å². The molecule has 1 heterocycles. The number of aliphatic hydroxyl groups excluding tert-OH is 1. The van der Waals surface area contributed by atoms with E-state index in [-0.39, 0.29) is 11.4 Å². The van der Waals surface area contributed by atoms with Crippen molar-refractivity contribution in [2.45, 2.75) is 33.3 Å². The van der Waals surface area contributed by atoms with Gasteiger partial charge in [-0.25, -0.2) is 0 Å². The normalized spacial score (nSPS) is 19.5. The topological polar surface area (TPSA) is 72.8 Å². The highest BCUT2D eigenvalue weighted by Gasteiger charge is 2.47. The van der Waals surface area contributed by atoms with Crippen LogP contribution in [0.3, 0.4) is 0 Å². The monoisotopic (exact) mass is 304 g/mol. The third-order valence-corrected chi connectivity index (χ3v) is 3.99. The molecule has 0 aromatic heterocycles. The van der Waals surface area contributed by atoms with Crippen molar-refractivity contribution in [2.24, 2.45) is 5.41 Å². The number of methoxy groups -OCH3 is 1. The predicted molar refractivity (Wildman–Crippen MR) is 81.1 cm³/mol. The second-order valence-electron chi connectivity index (χ2n) is 5.81. The van der Waals surface area contributed by atoms with E-state index < -0.39 is 17.5 Å². The summed E-state index contributed by atoms with van der Waals surface area (Å²) in [5.41, 5.74) is 0.339. The summed E-state index contributed by atoms with van der Waals surface area (Å²) >= 11 is 0. The third kappa shape index (κ3) is 2.47. The maximum atomic E-state index is 12.6. The Labute approximate surface area is 129 Å². The van der Waals surface area contributed by atoms with E-state index in [0.717, 1.165) is 18.2 Å². The summed E-state index contributed by atoms with van der Waals surface area (Å²) in [5.74, 6) is -0.436. The molecule has 1 aliphatic heterocycles. The van der Waals surface area contributed by atoms with Crippen molar-refractivity contribution < 1.29 is 24.2 Å². The van der Waals surface area contributed by atoms with Crippen LogP contribution in [0.1, 0.15) is 36.7 Å². The lowest BCUT2D eigenvalue weighted by Crippen LogP contribution is -2.46. The number of carbonyl (C=O) groups is 2. The fraction of sp³-hybridized carbons (Fsp3) is 0.412. The third-order valence-electron chi connectivity index (χ3n) is 3.99. The largest absolute Gasteiger partial charge is 0.515 e. The van der Waals surface area contributed by atoms with Crippen LogP contribution in [0.15, 0.2) is 30.0 Å². The molecule has 0 fully saturated rings. The van der Waals surface area contributed by atoms with Gasteiger partial charge in [0.2, 0.25) is 0 Å². The van der Waals surface area contributed by atoms with E-state index in [1.807, 2.05) is 13.0 Å². The minimum atomic E-state index is -1.11. The van der Waals surface area contributed by atoms with Gasteiger partial charge in [0.15, 0.2) is 5.78 Å². The molecule has 118 valence electrons. The van der Waals surface area contributed by atoms with Gasteiger partial charge in [-0.05, 0) is 38.0 Å². The van der Waals surface area contributed by atoms with Gasteiger partial charge in [-0.3, -0.25) is 9.59 Å². The van der Waals surface area contributed by atoms with Crippen LogP contribution in [0, 0.1) is 5.41 Å². The SMILES string of the molecule is CCc1ccc2c(c1)C(=O)/C(=C\O)C(C(C)(C)C(=O)OC)O2. The Bertz CT molecular complexity index is 642. The van der Waals surface area contributed by atoms with Gasteiger partial charge in [0, 0.05) is 0 Å². The Hall–Kier alpha value is -2.30. The molecular weight excluding hydrogens is 284 g/mol. The van der Waals surface area contributed by atoms with Crippen LogP contribution < -0.4 is 4.74 Å². The molecule has 0 spiro atoms. The number of fused-ring (bicyclic) bond motifs is 1. The second kappa shape index (κ2) is 5.83. The van der Waals surface area contributed by atoms with Gasteiger partial charge in [0.05, 0.1) is 24.5 Å². The van der Waals surface area contributed by atoms with Crippen molar-refractivity contribution in [3.05, 3.63) is 41.2 Å². The first-order valence-electron chi connectivity index (χ1n) is 7.13. The van der Waals surface area contributed by atoms with Gasteiger partial charge in [-0.15, -0.1) is 0 Å². The van der Waals surface area contributed by atoms with E-state index in [2.05, 4.69) is 0 Å². The van der Waals surface area contributed by atoms with Crippen molar-refractivity contribution in [1.29, 1.82) is 0 Å². The van der Waals surface area contributed by atoms with Crippen molar-refractivity contribution >= 4 is 11.8 Å². The lowest BCUT2D eigenvalue weighted by atomic mass is 9.78. The Balaban J connectivity index is 2.52. The molecule has 2 rings (SSSR count). The number of aliphatic hydroxyl groups is 1. The number of esters is 1. The Morgan fingerprint density at radius 3 is 2.68 bits per heavy atom. The summed E-state index contributed by atoms with van der Waals surface area (Å²) in [7, 11) is 1.28. The molecule has 1 atom stereocenters. The van der Waals surface area contributed by atoms with Gasteiger partial charge >= 0.3 is 5.97 Å². The summed E-state index contributed by atoms with van der Waals surface area (Å²) in [6.07, 6.45) is 0.604. The highest BCUT2D eigenvalue weighted by molar-refractivity contribution is 6.12. The summed E-state index contributed by atoms with van der Waals surface area (Å²) in [6.45, 7) is 5.22. The Kier molecular flexibility index (Phi) is 4.26. The summed E-state index contributed by atoms with van der Waals surface area (Å²) < 4.78 is 10.6.